The van der Waals surface area contributed by atoms with E-state index in [1.165, 1.54) is 0 Å². The van der Waals surface area contributed by atoms with Gasteiger partial charge >= 0.3 is 26.4 Å². The molecule has 0 aromatic carbocycles. The molecule has 0 amide bonds. The second-order valence-corrected chi connectivity index (χ2v) is 18.8. The highest BCUT2D eigenvalue weighted by Gasteiger charge is 2.43. The molecular weight excluding hydrogens is 547 g/mol. The number of hydrogen-bond acceptors (Lipinski definition) is 11. The Balaban J connectivity index is 3.25. The van der Waals surface area contributed by atoms with Gasteiger partial charge in [-0.2, -0.15) is 0 Å². The summed E-state index contributed by atoms with van der Waals surface area (Å²) in [6.07, 6.45) is 7.36. The van der Waals surface area contributed by atoms with Crippen LogP contribution >= 0.6 is 0 Å². The molecule has 0 N–H and O–H groups in total. The molecule has 224 valence electrons. The minimum Gasteiger partial charge on any atom is -0.377 e. The van der Waals surface area contributed by atoms with Gasteiger partial charge in [0.05, 0.1) is 5.69 Å². The molecule has 0 bridgehead atoms. The normalized spacial score (nSPS) is 13.4. The molecule has 12 nitrogen and oxygen atoms in total. The van der Waals surface area contributed by atoms with E-state index in [1.54, 1.807) is 64.0 Å². The Hall–Kier alpha value is -0.569. The number of hydrogen-bond donors (Lipinski definition) is 0. The van der Waals surface area contributed by atoms with Crippen molar-refractivity contribution in [1.29, 1.82) is 0 Å². The molecule has 0 spiro atoms. The molecule has 0 unspecified atom stereocenters. The minimum atomic E-state index is -2.70. The van der Waals surface area contributed by atoms with Gasteiger partial charge < -0.3 is 39.8 Å². The summed E-state index contributed by atoms with van der Waals surface area (Å²) in [4.78, 5) is 0. The Morgan fingerprint density at radius 2 is 0.921 bits per heavy atom. The van der Waals surface area contributed by atoms with Gasteiger partial charge in [0.2, 0.25) is 0 Å². The van der Waals surface area contributed by atoms with E-state index in [0.717, 1.165) is 50.8 Å². The van der Waals surface area contributed by atoms with Crippen LogP contribution in [0.3, 0.4) is 0 Å². The topological polar surface area (TPSA) is 114 Å². The molecule has 0 atom stereocenters. The molecule has 0 fully saturated rings. The van der Waals surface area contributed by atoms with Gasteiger partial charge in [0, 0.05) is 94.9 Å². The second-order valence-electron chi connectivity index (χ2n) is 9.50. The van der Waals surface area contributed by atoms with Crippen molar-refractivity contribution in [3.63, 3.8) is 0 Å². The maximum Gasteiger partial charge on any atom is 0.500 e. The van der Waals surface area contributed by atoms with E-state index >= 15 is 0 Å². The van der Waals surface area contributed by atoms with Crippen LogP contribution < -0.4 is 0 Å². The fourth-order valence-electron chi connectivity index (χ4n) is 5.14. The van der Waals surface area contributed by atoms with Crippen LogP contribution in [0.1, 0.15) is 44.2 Å². The molecule has 0 aliphatic heterocycles. The van der Waals surface area contributed by atoms with Gasteiger partial charge in [0.1, 0.15) is 0 Å². The number of nitrogens with zero attached hydrogens (tertiary/aromatic N) is 3. The zero-order chi connectivity index (χ0) is 28.7. The molecule has 38 heavy (non-hydrogen) atoms. The highest BCUT2D eigenvalue weighted by Crippen LogP contribution is 2.41. The number of aromatic nitrogens is 3. The highest BCUT2D eigenvalue weighted by atomic mass is 28.4. The SMILES string of the molecule is CO[Si](CCCC(CCC[Si](OC)(OC)OC)(CCC[Si](OC)(OC)OC)Cn1cc(C)nn1)(OC)OC. The molecule has 1 rings (SSSR count). The third-order valence-electron chi connectivity index (χ3n) is 7.52. The average molecular weight is 598 g/mol. The molecule has 0 saturated carbocycles. The van der Waals surface area contributed by atoms with E-state index in [0.29, 0.717) is 18.1 Å². The van der Waals surface area contributed by atoms with E-state index in [1.807, 2.05) is 17.8 Å². The van der Waals surface area contributed by atoms with E-state index < -0.39 is 26.4 Å². The first kappa shape index (κ1) is 35.5. The van der Waals surface area contributed by atoms with Crippen LogP contribution in [0.4, 0.5) is 0 Å². The fraction of sp³-hybridized carbons (Fsp3) is 0.913. The van der Waals surface area contributed by atoms with Crippen molar-refractivity contribution >= 4 is 26.4 Å². The predicted molar refractivity (Wildman–Crippen MR) is 150 cm³/mol. The first-order chi connectivity index (χ1) is 18.1. The van der Waals surface area contributed by atoms with Gasteiger partial charge in [-0.1, -0.05) is 5.21 Å². The first-order valence-electron chi connectivity index (χ1n) is 13.0. The third-order valence-corrected chi connectivity index (χ3v) is 16.0. The van der Waals surface area contributed by atoms with Gasteiger partial charge in [-0.25, -0.2) is 0 Å². The lowest BCUT2D eigenvalue weighted by atomic mass is 9.75. The molecule has 15 heteroatoms. The Morgan fingerprint density at radius 3 is 1.16 bits per heavy atom. The van der Waals surface area contributed by atoms with Gasteiger partial charge in [-0.3, -0.25) is 4.68 Å². The second kappa shape index (κ2) is 17.3. The smallest absolute Gasteiger partial charge is 0.377 e. The van der Waals surface area contributed by atoms with Crippen LogP contribution in [0.5, 0.6) is 0 Å². The van der Waals surface area contributed by atoms with Crippen molar-refractivity contribution in [2.45, 2.75) is 70.1 Å². The van der Waals surface area contributed by atoms with Crippen LogP contribution in [-0.4, -0.2) is 105 Å². The summed E-state index contributed by atoms with van der Waals surface area (Å²) >= 11 is 0. The van der Waals surface area contributed by atoms with Crippen LogP contribution in [0.25, 0.3) is 0 Å². The van der Waals surface area contributed by atoms with Crippen molar-refractivity contribution < 1.29 is 39.8 Å². The lowest BCUT2D eigenvalue weighted by Crippen LogP contribution is -2.44. The summed E-state index contributed by atoms with van der Waals surface area (Å²) in [5.74, 6) is 0. The lowest BCUT2D eigenvalue weighted by Gasteiger charge is -2.36. The Kier molecular flexibility index (Phi) is 16.1. The monoisotopic (exact) mass is 597 g/mol. The van der Waals surface area contributed by atoms with E-state index in [2.05, 4.69) is 10.3 Å². The number of aryl methyl sites for hydroxylation is 1. The van der Waals surface area contributed by atoms with Crippen LogP contribution in [0, 0.1) is 12.3 Å². The van der Waals surface area contributed by atoms with Crippen LogP contribution in [-0.2, 0) is 46.4 Å². The van der Waals surface area contributed by atoms with E-state index in [-0.39, 0.29) is 5.41 Å². The average Bonchev–Trinajstić information content (AvgIpc) is 3.36. The molecule has 0 aliphatic rings. The summed E-state index contributed by atoms with van der Waals surface area (Å²) < 4.78 is 53.2. The number of rotatable bonds is 23. The molecule has 1 aromatic heterocycles. The summed E-state index contributed by atoms with van der Waals surface area (Å²) in [6, 6.07) is 2.15. The lowest BCUT2D eigenvalue weighted by molar-refractivity contribution is 0.108. The summed E-state index contributed by atoms with van der Waals surface area (Å²) in [5, 5.41) is 8.62. The van der Waals surface area contributed by atoms with Crippen LogP contribution in [0.2, 0.25) is 18.1 Å². The fourth-order valence-corrected chi connectivity index (χ4v) is 10.3. The molecule has 0 aliphatic carbocycles. The zero-order valence-corrected chi connectivity index (χ0v) is 28.2. The molecular formula is C23H51N3O9Si3. The molecule has 1 heterocycles. The van der Waals surface area contributed by atoms with Gasteiger partial charge in [0.25, 0.3) is 0 Å². The molecule has 0 saturated heterocycles. The predicted octanol–water partition coefficient (Wildman–Crippen LogP) is 3.55. The maximum absolute atomic E-state index is 5.69. The summed E-state index contributed by atoms with van der Waals surface area (Å²) in [5.41, 5.74) is 0.776. The summed E-state index contributed by atoms with van der Waals surface area (Å²) in [6.45, 7) is 2.67. The van der Waals surface area contributed by atoms with Crippen molar-refractivity contribution in [2.24, 2.45) is 5.41 Å². The van der Waals surface area contributed by atoms with Crippen LogP contribution in [0.15, 0.2) is 6.20 Å². The molecule has 1 aromatic rings. The Labute approximate surface area is 232 Å². The first-order valence-corrected chi connectivity index (χ1v) is 18.8. The maximum atomic E-state index is 5.69. The largest absolute Gasteiger partial charge is 0.500 e. The van der Waals surface area contributed by atoms with Crippen molar-refractivity contribution in [2.75, 3.05) is 64.0 Å². The highest BCUT2D eigenvalue weighted by molar-refractivity contribution is 6.61. The minimum absolute atomic E-state index is 0.111. The van der Waals surface area contributed by atoms with Crippen molar-refractivity contribution in [3.8, 4) is 0 Å². The van der Waals surface area contributed by atoms with Crippen molar-refractivity contribution in [1.82, 2.24) is 15.0 Å². The standard InChI is InChI=1S/C23H51N3O9Si3/c1-22-20-26(25-24-22)21-23(14-11-17-36(27-2,28-3)29-4,15-12-18-37(30-5,31-6)32-7)16-13-19-38(33-8,34-9)35-10/h20H,11-19,21H2,1-10H3. The molecule has 0 radical (unpaired) electrons. The van der Waals surface area contributed by atoms with E-state index in [4.69, 9.17) is 39.8 Å². The van der Waals surface area contributed by atoms with Gasteiger partial charge in [-0.05, 0) is 50.9 Å². The third kappa shape index (κ3) is 10.1. The quantitative estimate of drug-likeness (QED) is 0.173. The van der Waals surface area contributed by atoms with Crippen molar-refractivity contribution in [3.05, 3.63) is 11.9 Å². The zero-order valence-electron chi connectivity index (χ0n) is 25.2. The van der Waals surface area contributed by atoms with Gasteiger partial charge in [-0.15, -0.1) is 5.10 Å². The van der Waals surface area contributed by atoms with Gasteiger partial charge in [0.15, 0.2) is 0 Å². The summed E-state index contributed by atoms with van der Waals surface area (Å²) in [7, 11) is 6.76. The Morgan fingerprint density at radius 1 is 0.605 bits per heavy atom. The Bertz CT molecular complexity index is 674. The van der Waals surface area contributed by atoms with E-state index in [9.17, 15) is 0 Å².